The second-order valence-corrected chi connectivity index (χ2v) is 9.37. The van der Waals surface area contributed by atoms with Gasteiger partial charge in [0.15, 0.2) is 6.10 Å². The lowest BCUT2D eigenvalue weighted by atomic mass is 9.49. The van der Waals surface area contributed by atoms with Crippen LogP contribution < -0.4 is 0 Å². The van der Waals surface area contributed by atoms with Crippen molar-refractivity contribution in [3.63, 3.8) is 0 Å². The molecule has 1 aliphatic heterocycles. The summed E-state index contributed by atoms with van der Waals surface area (Å²) >= 11 is 0. The minimum Gasteiger partial charge on any atom is -0.448 e. The van der Waals surface area contributed by atoms with E-state index in [1.165, 1.54) is 38.5 Å². The molecule has 1 atom stereocenters. The van der Waals surface area contributed by atoms with Crippen LogP contribution in [0, 0.1) is 23.2 Å². The van der Waals surface area contributed by atoms with Crippen LogP contribution in [-0.2, 0) is 16.0 Å². The number of cyclic esters (lactones) is 1. The first-order chi connectivity index (χ1) is 12.5. The molecule has 0 N–H and O–H groups in total. The fraction of sp³-hybridized carbons (Fsp3) is 0.636. The molecule has 4 aliphatic carbocycles. The lowest BCUT2D eigenvalue weighted by Gasteiger charge is -2.57. The SMILES string of the molecule is CN(CC12CC3CC(CC(C3)C1)C2)C(=O)C1Cc2ccccc2C(=O)O1. The van der Waals surface area contributed by atoms with Gasteiger partial charge in [0.05, 0.1) is 5.56 Å². The Labute approximate surface area is 154 Å². The highest BCUT2D eigenvalue weighted by molar-refractivity contribution is 5.95. The van der Waals surface area contributed by atoms with Crippen molar-refractivity contribution < 1.29 is 14.3 Å². The molecule has 4 heteroatoms. The number of likely N-dealkylation sites (N-methyl/N-ethyl adjacent to an activating group) is 1. The van der Waals surface area contributed by atoms with Crippen LogP contribution in [-0.4, -0.2) is 36.5 Å². The predicted octanol–water partition coefficient (Wildman–Crippen LogP) is 3.44. The van der Waals surface area contributed by atoms with Crippen molar-refractivity contribution in [2.75, 3.05) is 13.6 Å². The predicted molar refractivity (Wildman–Crippen MR) is 97.6 cm³/mol. The molecule has 4 nitrogen and oxygen atoms in total. The highest BCUT2D eigenvalue weighted by atomic mass is 16.5. The van der Waals surface area contributed by atoms with Gasteiger partial charge in [0.25, 0.3) is 5.91 Å². The number of esters is 1. The van der Waals surface area contributed by atoms with E-state index in [4.69, 9.17) is 4.74 Å². The standard InChI is InChI=1S/C22H27NO3/c1-23(13-22-10-14-6-15(11-22)8-16(7-14)12-22)20(24)19-9-17-4-2-3-5-18(17)21(25)26-19/h2-5,14-16,19H,6-13H2,1H3. The van der Waals surface area contributed by atoms with Crippen molar-refractivity contribution in [2.24, 2.45) is 23.2 Å². The Hall–Kier alpha value is -1.84. The van der Waals surface area contributed by atoms with Gasteiger partial charge < -0.3 is 9.64 Å². The topological polar surface area (TPSA) is 46.6 Å². The molecule has 1 unspecified atom stereocenters. The lowest BCUT2D eigenvalue weighted by Crippen LogP contribution is -2.53. The third kappa shape index (κ3) is 2.65. The molecule has 138 valence electrons. The molecule has 0 saturated heterocycles. The highest BCUT2D eigenvalue weighted by Gasteiger charge is 2.51. The van der Waals surface area contributed by atoms with E-state index in [-0.39, 0.29) is 11.9 Å². The first kappa shape index (κ1) is 16.3. The maximum absolute atomic E-state index is 13.0. The molecule has 4 saturated carbocycles. The van der Waals surface area contributed by atoms with Crippen LogP contribution >= 0.6 is 0 Å². The minimum absolute atomic E-state index is 0.0383. The molecule has 4 bridgehead atoms. The normalized spacial score (nSPS) is 37.2. The average Bonchev–Trinajstić information content (AvgIpc) is 2.59. The van der Waals surface area contributed by atoms with Gasteiger partial charge >= 0.3 is 5.97 Å². The molecule has 6 rings (SSSR count). The second kappa shape index (κ2) is 5.83. The number of carbonyl (C=O) groups excluding carboxylic acids is 2. The maximum Gasteiger partial charge on any atom is 0.339 e. The number of hydrogen-bond donors (Lipinski definition) is 0. The summed E-state index contributed by atoms with van der Waals surface area (Å²) in [6.07, 6.45) is 7.90. The molecular weight excluding hydrogens is 326 g/mol. The van der Waals surface area contributed by atoms with E-state index in [2.05, 4.69) is 0 Å². The van der Waals surface area contributed by atoms with Gasteiger partial charge in [-0.05, 0) is 73.3 Å². The van der Waals surface area contributed by atoms with Crippen LogP contribution in [0.4, 0.5) is 0 Å². The van der Waals surface area contributed by atoms with Crippen LogP contribution in [0.3, 0.4) is 0 Å². The van der Waals surface area contributed by atoms with Gasteiger partial charge in [-0.15, -0.1) is 0 Å². The van der Waals surface area contributed by atoms with E-state index in [1.54, 1.807) is 6.07 Å². The summed E-state index contributed by atoms with van der Waals surface area (Å²) in [5, 5.41) is 0. The van der Waals surface area contributed by atoms with Gasteiger partial charge in [0, 0.05) is 20.0 Å². The number of amides is 1. The molecular formula is C22H27NO3. The molecule has 1 amide bonds. The van der Waals surface area contributed by atoms with Crippen molar-refractivity contribution in [2.45, 2.75) is 51.0 Å². The first-order valence-electron chi connectivity index (χ1n) is 10.1. The zero-order chi connectivity index (χ0) is 17.9. The van der Waals surface area contributed by atoms with Gasteiger partial charge in [-0.1, -0.05) is 18.2 Å². The summed E-state index contributed by atoms with van der Waals surface area (Å²) in [7, 11) is 1.90. The van der Waals surface area contributed by atoms with Crippen molar-refractivity contribution in [3.05, 3.63) is 35.4 Å². The van der Waals surface area contributed by atoms with Crippen molar-refractivity contribution in [1.29, 1.82) is 0 Å². The lowest BCUT2D eigenvalue weighted by molar-refractivity contribution is -0.144. The zero-order valence-electron chi connectivity index (χ0n) is 15.4. The van der Waals surface area contributed by atoms with Crippen LogP contribution in [0.15, 0.2) is 24.3 Å². The number of carbonyl (C=O) groups is 2. The van der Waals surface area contributed by atoms with E-state index < -0.39 is 6.10 Å². The van der Waals surface area contributed by atoms with Crippen LogP contribution in [0.5, 0.6) is 0 Å². The van der Waals surface area contributed by atoms with E-state index in [0.717, 1.165) is 29.9 Å². The van der Waals surface area contributed by atoms with E-state index >= 15 is 0 Å². The molecule has 4 fully saturated rings. The maximum atomic E-state index is 13.0. The Morgan fingerprint density at radius 2 is 1.73 bits per heavy atom. The second-order valence-electron chi connectivity index (χ2n) is 9.37. The Balaban J connectivity index is 1.30. The van der Waals surface area contributed by atoms with Crippen molar-refractivity contribution in [1.82, 2.24) is 4.90 Å². The number of benzene rings is 1. The van der Waals surface area contributed by atoms with Crippen LogP contribution in [0.25, 0.3) is 0 Å². The summed E-state index contributed by atoms with van der Waals surface area (Å²) < 4.78 is 5.49. The smallest absolute Gasteiger partial charge is 0.339 e. The van der Waals surface area contributed by atoms with E-state index in [9.17, 15) is 9.59 Å². The quantitative estimate of drug-likeness (QED) is 0.782. The Morgan fingerprint density at radius 1 is 1.12 bits per heavy atom. The van der Waals surface area contributed by atoms with E-state index in [1.807, 2.05) is 30.1 Å². The molecule has 1 aromatic rings. The molecule has 0 aromatic heterocycles. The van der Waals surface area contributed by atoms with E-state index in [0.29, 0.717) is 17.4 Å². The summed E-state index contributed by atoms with van der Waals surface area (Å²) in [5.74, 6) is 2.23. The van der Waals surface area contributed by atoms with Gasteiger partial charge in [-0.3, -0.25) is 4.79 Å². The third-order valence-corrected chi connectivity index (χ3v) is 7.28. The zero-order valence-corrected chi connectivity index (χ0v) is 15.4. The molecule has 26 heavy (non-hydrogen) atoms. The Kier molecular flexibility index (Phi) is 3.67. The highest BCUT2D eigenvalue weighted by Crippen LogP contribution is 2.60. The fourth-order valence-corrected chi connectivity index (χ4v) is 6.78. The average molecular weight is 353 g/mol. The van der Waals surface area contributed by atoms with Crippen LogP contribution in [0.1, 0.15) is 54.4 Å². The summed E-state index contributed by atoms with van der Waals surface area (Å²) in [4.78, 5) is 27.1. The number of ether oxygens (including phenoxy) is 1. The number of rotatable bonds is 3. The first-order valence-corrected chi connectivity index (χ1v) is 10.1. The van der Waals surface area contributed by atoms with Gasteiger partial charge in [-0.25, -0.2) is 4.79 Å². The Morgan fingerprint density at radius 3 is 2.38 bits per heavy atom. The largest absolute Gasteiger partial charge is 0.448 e. The Bertz CT molecular complexity index is 720. The molecule has 0 radical (unpaired) electrons. The third-order valence-electron chi connectivity index (χ3n) is 7.28. The molecule has 1 aromatic carbocycles. The van der Waals surface area contributed by atoms with Gasteiger partial charge in [-0.2, -0.15) is 0 Å². The summed E-state index contributed by atoms with van der Waals surface area (Å²) in [6.45, 7) is 0.824. The van der Waals surface area contributed by atoms with Crippen molar-refractivity contribution >= 4 is 11.9 Å². The number of nitrogens with zero attached hydrogens (tertiary/aromatic N) is 1. The van der Waals surface area contributed by atoms with Gasteiger partial charge in [0.1, 0.15) is 0 Å². The number of hydrogen-bond acceptors (Lipinski definition) is 3. The molecule has 1 heterocycles. The molecule has 0 spiro atoms. The molecule has 5 aliphatic rings. The minimum atomic E-state index is -0.670. The monoisotopic (exact) mass is 353 g/mol. The fourth-order valence-electron chi connectivity index (χ4n) is 6.78. The summed E-state index contributed by atoms with van der Waals surface area (Å²) in [6, 6.07) is 7.45. The van der Waals surface area contributed by atoms with Crippen LogP contribution in [0.2, 0.25) is 0 Å². The summed E-state index contributed by atoms with van der Waals surface area (Å²) in [5.41, 5.74) is 1.83. The number of fused-ring (bicyclic) bond motifs is 1. The van der Waals surface area contributed by atoms with Gasteiger partial charge in [0.2, 0.25) is 0 Å². The van der Waals surface area contributed by atoms with Crippen molar-refractivity contribution in [3.8, 4) is 0 Å².